The third kappa shape index (κ3) is 8.50. The normalized spacial score (nSPS) is 12.0. The van der Waals surface area contributed by atoms with Gasteiger partial charge in [0.25, 0.3) is 0 Å². The zero-order valence-corrected chi connectivity index (χ0v) is 9.95. The summed E-state index contributed by atoms with van der Waals surface area (Å²) in [7, 11) is 4.30. The summed E-state index contributed by atoms with van der Waals surface area (Å²) >= 11 is -0.0135. The molecule has 1 nitrogen and oxygen atoms in total. The van der Waals surface area contributed by atoms with Crippen LogP contribution in [0.5, 0.6) is 0 Å². The van der Waals surface area contributed by atoms with Crippen molar-refractivity contribution in [2.45, 2.75) is 23.9 Å². The van der Waals surface area contributed by atoms with Gasteiger partial charge in [0.1, 0.15) is 0 Å². The molecule has 0 fully saturated rings. The number of hydrogen-bond donors (Lipinski definition) is 0. The molecule has 0 atom stereocenters. The standard InChI is InChI=1S/C7H19GeN/c1-4-8-6-5-7-9(2)3/h4-8H2,1-3H3. The Labute approximate surface area is 65.3 Å². The molecule has 0 heterocycles. The van der Waals surface area contributed by atoms with Crippen molar-refractivity contribution in [1.29, 1.82) is 0 Å². The van der Waals surface area contributed by atoms with Gasteiger partial charge in [-0.2, -0.15) is 0 Å². The van der Waals surface area contributed by atoms with Crippen LogP contribution in [0.3, 0.4) is 0 Å². The summed E-state index contributed by atoms with van der Waals surface area (Å²) in [4.78, 5) is 2.28. The summed E-state index contributed by atoms with van der Waals surface area (Å²) in [5, 5.41) is 3.11. The second-order valence-corrected chi connectivity index (χ2v) is 7.93. The van der Waals surface area contributed by atoms with Crippen LogP contribution >= 0.6 is 0 Å². The summed E-state index contributed by atoms with van der Waals surface area (Å²) in [6.07, 6.45) is 1.45. The third-order valence-corrected chi connectivity index (χ3v) is 5.04. The Hall–Kier alpha value is 0.503. The average Bonchev–Trinajstić information content (AvgIpc) is 1.80. The number of hydrogen-bond acceptors (Lipinski definition) is 1. The molecular formula is C7H19GeN. The van der Waals surface area contributed by atoms with Crippen LogP contribution < -0.4 is 0 Å². The van der Waals surface area contributed by atoms with Crippen molar-refractivity contribution < 1.29 is 0 Å². The second kappa shape index (κ2) is 6.62. The van der Waals surface area contributed by atoms with E-state index < -0.39 is 0 Å². The number of nitrogens with zero attached hydrogens (tertiary/aromatic N) is 1. The van der Waals surface area contributed by atoms with Crippen LogP contribution in [0.2, 0.25) is 10.5 Å². The van der Waals surface area contributed by atoms with E-state index in [0.717, 1.165) is 0 Å². The van der Waals surface area contributed by atoms with Crippen LogP contribution in [-0.2, 0) is 0 Å². The predicted octanol–water partition coefficient (Wildman–Crippen LogP) is 0.963. The van der Waals surface area contributed by atoms with Crippen molar-refractivity contribution in [3.8, 4) is 0 Å². The van der Waals surface area contributed by atoms with Crippen molar-refractivity contribution in [2.75, 3.05) is 20.6 Å². The molecule has 0 radical (unpaired) electrons. The van der Waals surface area contributed by atoms with E-state index in [4.69, 9.17) is 0 Å². The first-order chi connectivity index (χ1) is 4.27. The molecule has 0 saturated carbocycles. The van der Waals surface area contributed by atoms with E-state index in [0.29, 0.717) is 0 Å². The number of rotatable bonds is 5. The van der Waals surface area contributed by atoms with Gasteiger partial charge in [-0.1, -0.05) is 0 Å². The minimum absolute atomic E-state index is 0.0135. The van der Waals surface area contributed by atoms with Crippen LogP contribution in [0, 0.1) is 0 Å². The van der Waals surface area contributed by atoms with E-state index in [1.165, 1.54) is 18.2 Å². The molecule has 0 unspecified atom stereocenters. The van der Waals surface area contributed by atoms with Gasteiger partial charge in [-0.3, -0.25) is 0 Å². The molecule has 0 saturated heterocycles. The third-order valence-electron chi connectivity index (χ3n) is 1.46. The van der Waals surface area contributed by atoms with E-state index in [1.54, 1.807) is 5.25 Å². The molecule has 0 aromatic rings. The van der Waals surface area contributed by atoms with Crippen LogP contribution in [0.4, 0.5) is 0 Å². The van der Waals surface area contributed by atoms with Crippen molar-refractivity contribution in [3.05, 3.63) is 0 Å². The maximum absolute atomic E-state index is 2.33. The van der Waals surface area contributed by atoms with E-state index in [-0.39, 0.29) is 15.4 Å². The van der Waals surface area contributed by atoms with Crippen molar-refractivity contribution in [2.24, 2.45) is 0 Å². The summed E-state index contributed by atoms with van der Waals surface area (Å²) in [6.45, 7) is 3.63. The van der Waals surface area contributed by atoms with Crippen LogP contribution in [0.15, 0.2) is 0 Å². The van der Waals surface area contributed by atoms with Crippen molar-refractivity contribution in [1.82, 2.24) is 4.90 Å². The zero-order chi connectivity index (χ0) is 7.11. The molecule has 0 N–H and O–H groups in total. The topological polar surface area (TPSA) is 3.24 Å². The maximum atomic E-state index is 2.33. The van der Waals surface area contributed by atoms with E-state index in [2.05, 4.69) is 25.9 Å². The first-order valence-electron chi connectivity index (χ1n) is 3.92. The van der Waals surface area contributed by atoms with E-state index >= 15 is 0 Å². The van der Waals surface area contributed by atoms with Gasteiger partial charge in [-0.15, -0.1) is 0 Å². The Bertz CT molecular complexity index is 54.9. The Kier molecular flexibility index (Phi) is 6.99. The Morgan fingerprint density at radius 1 is 1.33 bits per heavy atom. The van der Waals surface area contributed by atoms with Gasteiger partial charge in [-0.25, -0.2) is 0 Å². The zero-order valence-electron chi connectivity index (χ0n) is 6.98. The van der Waals surface area contributed by atoms with E-state index in [9.17, 15) is 0 Å². The fourth-order valence-corrected chi connectivity index (χ4v) is 3.11. The molecule has 0 amide bonds. The summed E-state index contributed by atoms with van der Waals surface area (Å²) in [5.41, 5.74) is 0. The Balaban J connectivity index is 2.75. The molecule has 0 aliphatic heterocycles. The van der Waals surface area contributed by atoms with Gasteiger partial charge < -0.3 is 0 Å². The second-order valence-electron chi connectivity index (χ2n) is 2.86. The molecule has 0 aliphatic rings. The van der Waals surface area contributed by atoms with Gasteiger partial charge in [0.05, 0.1) is 0 Å². The minimum atomic E-state index is -0.0135. The average molecular weight is 190 g/mol. The van der Waals surface area contributed by atoms with Gasteiger partial charge in [0, 0.05) is 0 Å². The van der Waals surface area contributed by atoms with Gasteiger partial charge in [0.15, 0.2) is 0 Å². The first-order valence-corrected chi connectivity index (χ1v) is 8.11. The Morgan fingerprint density at radius 2 is 2.00 bits per heavy atom. The van der Waals surface area contributed by atoms with Gasteiger partial charge in [0.2, 0.25) is 0 Å². The molecule has 2 heteroatoms. The first kappa shape index (κ1) is 9.50. The molecule has 0 spiro atoms. The molecule has 0 aliphatic carbocycles. The van der Waals surface area contributed by atoms with Crippen LogP contribution in [-0.4, -0.2) is 41.0 Å². The molecule has 0 aromatic heterocycles. The van der Waals surface area contributed by atoms with Gasteiger partial charge >= 0.3 is 64.8 Å². The molecule has 0 bridgehead atoms. The molecule has 0 aromatic carbocycles. The molecule has 0 rings (SSSR count). The summed E-state index contributed by atoms with van der Waals surface area (Å²) < 4.78 is 0. The molecule has 56 valence electrons. The van der Waals surface area contributed by atoms with Crippen LogP contribution in [0.25, 0.3) is 0 Å². The van der Waals surface area contributed by atoms with E-state index in [1.807, 2.05) is 0 Å². The van der Waals surface area contributed by atoms with Crippen LogP contribution in [0.1, 0.15) is 13.3 Å². The fourth-order valence-electron chi connectivity index (χ4n) is 0.855. The quantitative estimate of drug-likeness (QED) is 0.460. The van der Waals surface area contributed by atoms with Crippen molar-refractivity contribution in [3.63, 3.8) is 0 Å². The predicted molar refractivity (Wildman–Crippen MR) is 47.0 cm³/mol. The van der Waals surface area contributed by atoms with Crippen molar-refractivity contribution >= 4 is 15.4 Å². The monoisotopic (exact) mass is 191 g/mol. The SMILES string of the molecule is C[CH2][GeH2][CH2]CCN(C)C. The summed E-state index contributed by atoms with van der Waals surface area (Å²) in [5.74, 6) is 0. The molecular weight excluding hydrogens is 171 g/mol. The van der Waals surface area contributed by atoms with Gasteiger partial charge in [-0.05, 0) is 0 Å². The summed E-state index contributed by atoms with van der Waals surface area (Å²) in [6, 6.07) is 0. The molecule has 9 heavy (non-hydrogen) atoms. The fraction of sp³-hybridized carbons (Fsp3) is 1.00. The Morgan fingerprint density at radius 3 is 2.44 bits per heavy atom.